The number of aryl methyl sites for hydroxylation is 1. The van der Waals surface area contributed by atoms with Crippen molar-refractivity contribution in [1.29, 1.82) is 0 Å². The summed E-state index contributed by atoms with van der Waals surface area (Å²) in [4.78, 5) is 12.4. The fourth-order valence-corrected chi connectivity index (χ4v) is 4.00. The molecular formula is C24H19F3N4OS. The van der Waals surface area contributed by atoms with Crippen LogP contribution < -0.4 is 5.32 Å². The van der Waals surface area contributed by atoms with Gasteiger partial charge in [-0.2, -0.15) is 13.2 Å². The van der Waals surface area contributed by atoms with Crippen molar-refractivity contribution in [3.05, 3.63) is 90.0 Å². The van der Waals surface area contributed by atoms with Crippen LogP contribution in [0.25, 0.3) is 17.1 Å². The Morgan fingerprint density at radius 3 is 2.45 bits per heavy atom. The van der Waals surface area contributed by atoms with Gasteiger partial charge in [-0.1, -0.05) is 59.8 Å². The molecule has 3 aromatic carbocycles. The molecule has 5 nitrogen and oxygen atoms in total. The Bertz CT molecular complexity index is 1270. The van der Waals surface area contributed by atoms with Gasteiger partial charge in [0.15, 0.2) is 11.0 Å². The van der Waals surface area contributed by atoms with Crippen LogP contribution in [-0.4, -0.2) is 26.4 Å². The molecule has 0 radical (unpaired) electrons. The number of aromatic nitrogens is 3. The summed E-state index contributed by atoms with van der Waals surface area (Å²) < 4.78 is 40.6. The van der Waals surface area contributed by atoms with Crippen molar-refractivity contribution in [2.45, 2.75) is 18.3 Å². The third-order valence-electron chi connectivity index (χ3n) is 4.73. The number of anilines is 1. The average Bonchev–Trinajstić information content (AvgIpc) is 3.22. The summed E-state index contributed by atoms with van der Waals surface area (Å²) in [6.45, 7) is 1.99. The lowest BCUT2D eigenvalue weighted by Gasteiger charge is -2.11. The predicted octanol–water partition coefficient (Wildman–Crippen LogP) is 5.99. The number of alkyl halides is 3. The van der Waals surface area contributed by atoms with Gasteiger partial charge in [-0.15, -0.1) is 10.2 Å². The Hall–Kier alpha value is -3.59. The first-order valence-corrected chi connectivity index (χ1v) is 11.0. The van der Waals surface area contributed by atoms with Crippen LogP contribution in [0.2, 0.25) is 0 Å². The number of nitrogens with zero attached hydrogens (tertiary/aromatic N) is 3. The van der Waals surface area contributed by atoms with Gasteiger partial charge < -0.3 is 5.32 Å². The predicted molar refractivity (Wildman–Crippen MR) is 122 cm³/mol. The minimum absolute atomic E-state index is 0.0466. The van der Waals surface area contributed by atoms with Gasteiger partial charge >= 0.3 is 6.18 Å². The van der Waals surface area contributed by atoms with Crippen LogP contribution in [-0.2, 0) is 11.0 Å². The van der Waals surface area contributed by atoms with E-state index >= 15 is 0 Å². The van der Waals surface area contributed by atoms with Gasteiger partial charge in [0.25, 0.3) is 0 Å². The molecule has 1 aromatic heterocycles. The highest BCUT2D eigenvalue weighted by molar-refractivity contribution is 7.99. The molecule has 0 fully saturated rings. The molecule has 0 saturated carbocycles. The quantitative estimate of drug-likeness (QED) is 0.353. The van der Waals surface area contributed by atoms with Gasteiger partial charge in [-0.25, -0.2) is 0 Å². The van der Waals surface area contributed by atoms with Crippen molar-refractivity contribution in [2.75, 3.05) is 11.1 Å². The van der Waals surface area contributed by atoms with Crippen LogP contribution in [0.5, 0.6) is 0 Å². The summed E-state index contributed by atoms with van der Waals surface area (Å²) >= 11 is 1.15. The van der Waals surface area contributed by atoms with Crippen molar-refractivity contribution in [3.63, 3.8) is 0 Å². The molecule has 9 heteroatoms. The number of amides is 1. The van der Waals surface area contributed by atoms with Crippen molar-refractivity contribution >= 4 is 23.4 Å². The number of hydrogen-bond donors (Lipinski definition) is 1. The molecule has 0 unspecified atom stereocenters. The lowest BCUT2D eigenvalue weighted by atomic mass is 10.1. The van der Waals surface area contributed by atoms with E-state index < -0.39 is 17.6 Å². The summed E-state index contributed by atoms with van der Waals surface area (Å²) in [5.41, 5.74) is 2.05. The van der Waals surface area contributed by atoms with Gasteiger partial charge in [0, 0.05) is 16.9 Å². The molecule has 168 valence electrons. The number of carbonyl (C=O) groups is 1. The first-order valence-electron chi connectivity index (χ1n) is 9.99. The van der Waals surface area contributed by atoms with Crippen LogP contribution in [0.4, 0.5) is 18.9 Å². The largest absolute Gasteiger partial charge is 0.416 e. The van der Waals surface area contributed by atoms with E-state index in [1.165, 1.54) is 12.1 Å². The summed E-state index contributed by atoms with van der Waals surface area (Å²) in [6, 6.07) is 21.9. The molecular weight excluding hydrogens is 449 g/mol. The molecule has 1 N–H and O–H groups in total. The Balaban J connectivity index is 1.56. The molecule has 4 rings (SSSR count). The Kier molecular flexibility index (Phi) is 6.50. The highest BCUT2D eigenvalue weighted by Crippen LogP contribution is 2.31. The third-order valence-corrected chi connectivity index (χ3v) is 5.66. The van der Waals surface area contributed by atoms with E-state index in [0.717, 1.165) is 40.7 Å². The zero-order valence-corrected chi connectivity index (χ0v) is 18.3. The molecule has 33 heavy (non-hydrogen) atoms. The van der Waals surface area contributed by atoms with Crippen molar-refractivity contribution in [1.82, 2.24) is 14.8 Å². The van der Waals surface area contributed by atoms with Gasteiger partial charge in [0.05, 0.1) is 11.3 Å². The highest BCUT2D eigenvalue weighted by Gasteiger charge is 2.30. The fourth-order valence-electron chi connectivity index (χ4n) is 3.24. The lowest BCUT2D eigenvalue weighted by molar-refractivity contribution is -0.137. The van der Waals surface area contributed by atoms with Crippen LogP contribution in [0.3, 0.4) is 0 Å². The number of nitrogens with one attached hydrogen (secondary N) is 1. The summed E-state index contributed by atoms with van der Waals surface area (Å²) in [5.74, 6) is 0.138. The molecule has 0 atom stereocenters. The highest BCUT2D eigenvalue weighted by atomic mass is 32.2. The van der Waals surface area contributed by atoms with Crippen molar-refractivity contribution in [3.8, 4) is 17.1 Å². The molecule has 1 heterocycles. The van der Waals surface area contributed by atoms with Crippen LogP contribution in [0.15, 0.2) is 84.0 Å². The maximum atomic E-state index is 12.9. The molecule has 0 aliphatic carbocycles. The maximum Gasteiger partial charge on any atom is 0.416 e. The van der Waals surface area contributed by atoms with E-state index in [9.17, 15) is 18.0 Å². The number of thioether (sulfide) groups is 1. The second-order valence-corrected chi connectivity index (χ2v) is 8.20. The standard InChI is InChI=1S/C24H19F3N4OS/c1-16-7-5-8-17(13-16)22-29-30-23(31(22)20-11-3-2-4-12-20)33-15-21(32)28-19-10-6-9-18(14-19)24(25,26)27/h2-14H,15H2,1H3,(H,28,32). The zero-order valence-electron chi connectivity index (χ0n) is 17.5. The van der Waals surface area contributed by atoms with Gasteiger partial charge in [0.1, 0.15) is 0 Å². The molecule has 0 aliphatic rings. The van der Waals surface area contributed by atoms with Gasteiger partial charge in [-0.05, 0) is 43.3 Å². The second kappa shape index (κ2) is 9.50. The molecule has 0 aliphatic heterocycles. The zero-order chi connectivity index (χ0) is 23.4. The molecule has 0 bridgehead atoms. The fraction of sp³-hybridized carbons (Fsp3) is 0.125. The van der Waals surface area contributed by atoms with E-state index in [1.807, 2.05) is 66.1 Å². The summed E-state index contributed by atoms with van der Waals surface area (Å²) in [7, 11) is 0. The lowest BCUT2D eigenvalue weighted by Crippen LogP contribution is -2.15. The minimum atomic E-state index is -4.48. The van der Waals surface area contributed by atoms with Gasteiger partial charge in [-0.3, -0.25) is 9.36 Å². The summed E-state index contributed by atoms with van der Waals surface area (Å²) in [5, 5.41) is 11.6. The van der Waals surface area contributed by atoms with E-state index in [0.29, 0.717) is 11.0 Å². The third kappa shape index (κ3) is 5.43. The van der Waals surface area contributed by atoms with Crippen LogP contribution in [0, 0.1) is 6.92 Å². The SMILES string of the molecule is Cc1cccc(-c2nnc(SCC(=O)Nc3cccc(C(F)(F)F)c3)n2-c2ccccc2)c1. The van der Waals surface area contributed by atoms with E-state index in [-0.39, 0.29) is 11.4 Å². The van der Waals surface area contributed by atoms with Crippen molar-refractivity contribution < 1.29 is 18.0 Å². The monoisotopic (exact) mass is 468 g/mol. The number of halogens is 3. The number of hydrogen-bond acceptors (Lipinski definition) is 4. The average molecular weight is 469 g/mol. The van der Waals surface area contributed by atoms with E-state index in [4.69, 9.17) is 0 Å². The molecule has 0 spiro atoms. The first kappa shape index (κ1) is 22.6. The maximum absolute atomic E-state index is 12.9. The minimum Gasteiger partial charge on any atom is -0.325 e. The molecule has 1 amide bonds. The van der Waals surface area contributed by atoms with E-state index in [1.54, 1.807) is 0 Å². The van der Waals surface area contributed by atoms with Crippen LogP contribution in [0.1, 0.15) is 11.1 Å². The topological polar surface area (TPSA) is 59.8 Å². The molecule has 4 aromatic rings. The van der Waals surface area contributed by atoms with Gasteiger partial charge in [0.2, 0.25) is 5.91 Å². The van der Waals surface area contributed by atoms with Crippen LogP contribution >= 0.6 is 11.8 Å². The number of carbonyl (C=O) groups excluding carboxylic acids is 1. The Morgan fingerprint density at radius 1 is 0.970 bits per heavy atom. The summed E-state index contributed by atoms with van der Waals surface area (Å²) in [6.07, 6.45) is -4.48. The number of rotatable bonds is 6. The number of benzene rings is 3. The first-order chi connectivity index (χ1) is 15.8. The Labute approximate surface area is 192 Å². The smallest absolute Gasteiger partial charge is 0.325 e. The Morgan fingerprint density at radius 2 is 1.73 bits per heavy atom. The van der Waals surface area contributed by atoms with E-state index in [2.05, 4.69) is 15.5 Å². The normalized spacial score (nSPS) is 11.4. The second-order valence-electron chi connectivity index (χ2n) is 7.26. The van der Waals surface area contributed by atoms with Crippen molar-refractivity contribution in [2.24, 2.45) is 0 Å². The number of para-hydroxylation sites is 1. The molecule has 0 saturated heterocycles.